The Kier molecular flexibility index (Phi) is 5.29. The molecule has 1 aliphatic rings. The highest BCUT2D eigenvalue weighted by molar-refractivity contribution is 5.97. The zero-order valence-corrected chi connectivity index (χ0v) is 12.5. The summed E-state index contributed by atoms with van der Waals surface area (Å²) in [6.45, 7) is 0.781. The topological polar surface area (TPSA) is 114 Å². The first-order valence-electron chi connectivity index (χ1n) is 7.09. The van der Waals surface area contributed by atoms with Crippen LogP contribution in [0.25, 0.3) is 0 Å². The minimum absolute atomic E-state index is 0.127. The van der Waals surface area contributed by atoms with Crippen LogP contribution in [0.2, 0.25) is 0 Å². The second kappa shape index (κ2) is 7.39. The number of anilines is 1. The molecule has 1 fully saturated rings. The first-order chi connectivity index (χ1) is 10.9. The van der Waals surface area contributed by atoms with E-state index < -0.39 is 24.5 Å². The number of amides is 4. The molecule has 122 valence electrons. The SMILES string of the molecule is CC(=O)Nc1cccc(C(=O)OCC(=O)NC(=O)NC2CC2)c1. The first-order valence-corrected chi connectivity index (χ1v) is 7.09. The summed E-state index contributed by atoms with van der Waals surface area (Å²) >= 11 is 0. The summed E-state index contributed by atoms with van der Waals surface area (Å²) in [6, 6.07) is 5.65. The summed E-state index contributed by atoms with van der Waals surface area (Å²) in [6.07, 6.45) is 1.81. The highest BCUT2D eigenvalue weighted by atomic mass is 16.5. The van der Waals surface area contributed by atoms with Gasteiger partial charge in [0.15, 0.2) is 6.61 Å². The van der Waals surface area contributed by atoms with Gasteiger partial charge in [-0.3, -0.25) is 14.9 Å². The van der Waals surface area contributed by atoms with Crippen molar-refractivity contribution in [2.75, 3.05) is 11.9 Å². The van der Waals surface area contributed by atoms with Gasteiger partial charge in [-0.05, 0) is 31.0 Å². The molecule has 0 bridgehead atoms. The fourth-order valence-corrected chi connectivity index (χ4v) is 1.75. The highest BCUT2D eigenvalue weighted by Crippen LogP contribution is 2.18. The van der Waals surface area contributed by atoms with Gasteiger partial charge in [0.25, 0.3) is 5.91 Å². The lowest BCUT2D eigenvalue weighted by atomic mass is 10.2. The van der Waals surface area contributed by atoms with Gasteiger partial charge in [0.1, 0.15) is 0 Å². The van der Waals surface area contributed by atoms with Gasteiger partial charge in [-0.15, -0.1) is 0 Å². The molecule has 1 saturated carbocycles. The number of carbonyl (C=O) groups is 4. The molecule has 8 nitrogen and oxygen atoms in total. The number of esters is 1. The second-order valence-electron chi connectivity index (χ2n) is 5.13. The van der Waals surface area contributed by atoms with Crippen molar-refractivity contribution < 1.29 is 23.9 Å². The van der Waals surface area contributed by atoms with Crippen LogP contribution in [0.5, 0.6) is 0 Å². The Morgan fingerprint density at radius 1 is 1.22 bits per heavy atom. The normalized spacial score (nSPS) is 12.9. The average Bonchev–Trinajstić information content (AvgIpc) is 3.28. The molecule has 23 heavy (non-hydrogen) atoms. The van der Waals surface area contributed by atoms with Gasteiger partial charge >= 0.3 is 12.0 Å². The number of benzene rings is 1. The molecule has 2 rings (SSSR count). The maximum absolute atomic E-state index is 11.8. The Labute approximate surface area is 132 Å². The van der Waals surface area contributed by atoms with Gasteiger partial charge in [-0.2, -0.15) is 0 Å². The van der Waals surface area contributed by atoms with E-state index in [0.717, 1.165) is 12.8 Å². The molecular weight excluding hydrogens is 302 g/mol. The van der Waals surface area contributed by atoms with Crippen LogP contribution >= 0.6 is 0 Å². The summed E-state index contributed by atoms with van der Waals surface area (Å²) in [5.41, 5.74) is 0.631. The highest BCUT2D eigenvalue weighted by Gasteiger charge is 2.24. The Balaban J connectivity index is 1.80. The number of nitrogens with one attached hydrogen (secondary N) is 3. The van der Waals surface area contributed by atoms with Crippen LogP contribution in [0.4, 0.5) is 10.5 Å². The number of hydrogen-bond donors (Lipinski definition) is 3. The third-order valence-corrected chi connectivity index (χ3v) is 2.92. The van der Waals surface area contributed by atoms with Crippen molar-refractivity contribution in [2.24, 2.45) is 0 Å². The summed E-state index contributed by atoms with van der Waals surface area (Å²) < 4.78 is 4.83. The quantitative estimate of drug-likeness (QED) is 0.694. The molecular formula is C15H17N3O5. The number of ether oxygens (including phenoxy) is 1. The molecule has 4 amide bonds. The average molecular weight is 319 g/mol. The van der Waals surface area contributed by atoms with E-state index in [-0.39, 0.29) is 17.5 Å². The van der Waals surface area contributed by atoms with E-state index in [4.69, 9.17) is 4.74 Å². The molecule has 1 aliphatic carbocycles. The van der Waals surface area contributed by atoms with Crippen molar-refractivity contribution in [2.45, 2.75) is 25.8 Å². The monoisotopic (exact) mass is 319 g/mol. The molecule has 0 saturated heterocycles. The van der Waals surface area contributed by atoms with Crippen LogP contribution in [0.1, 0.15) is 30.1 Å². The standard InChI is InChI=1S/C15H17N3O5/c1-9(19)16-12-4-2-3-10(7-12)14(21)23-8-13(20)18-15(22)17-11-5-6-11/h2-4,7,11H,5-6,8H2,1H3,(H,16,19)(H2,17,18,20,22). The summed E-state index contributed by atoms with van der Waals surface area (Å²) in [4.78, 5) is 45.7. The lowest BCUT2D eigenvalue weighted by Crippen LogP contribution is -2.42. The second-order valence-corrected chi connectivity index (χ2v) is 5.13. The predicted octanol–water partition coefficient (Wildman–Crippen LogP) is 0.790. The van der Waals surface area contributed by atoms with Gasteiger partial charge in [-0.1, -0.05) is 6.07 Å². The van der Waals surface area contributed by atoms with E-state index in [1.54, 1.807) is 12.1 Å². The van der Waals surface area contributed by atoms with Crippen LogP contribution < -0.4 is 16.0 Å². The number of hydrogen-bond acceptors (Lipinski definition) is 5. The Morgan fingerprint density at radius 2 is 1.96 bits per heavy atom. The van der Waals surface area contributed by atoms with Gasteiger partial charge in [0.05, 0.1) is 5.56 Å². The third-order valence-electron chi connectivity index (χ3n) is 2.92. The first kappa shape index (κ1) is 16.5. The minimum Gasteiger partial charge on any atom is -0.452 e. The minimum atomic E-state index is -0.727. The van der Waals surface area contributed by atoms with Crippen molar-refractivity contribution in [3.8, 4) is 0 Å². The van der Waals surface area contributed by atoms with E-state index in [1.165, 1.54) is 19.1 Å². The van der Waals surface area contributed by atoms with Crippen molar-refractivity contribution in [3.05, 3.63) is 29.8 Å². The van der Waals surface area contributed by atoms with E-state index in [9.17, 15) is 19.2 Å². The van der Waals surface area contributed by atoms with Gasteiger partial charge in [0, 0.05) is 18.7 Å². The molecule has 0 radical (unpaired) electrons. The maximum Gasteiger partial charge on any atom is 0.338 e. The van der Waals surface area contributed by atoms with Gasteiger partial charge in [-0.25, -0.2) is 9.59 Å². The summed E-state index contributed by atoms with van der Waals surface area (Å²) in [5.74, 6) is -1.71. The zero-order valence-electron chi connectivity index (χ0n) is 12.5. The Hall–Kier alpha value is -2.90. The Bertz CT molecular complexity index is 640. The summed E-state index contributed by atoms with van der Waals surface area (Å²) in [5, 5.41) is 7.19. The van der Waals surface area contributed by atoms with E-state index >= 15 is 0 Å². The fourth-order valence-electron chi connectivity index (χ4n) is 1.75. The molecule has 0 unspecified atom stereocenters. The maximum atomic E-state index is 11.8. The molecule has 1 aromatic carbocycles. The molecule has 1 aromatic rings. The van der Waals surface area contributed by atoms with Crippen LogP contribution in [0.3, 0.4) is 0 Å². The fraction of sp³-hybridized carbons (Fsp3) is 0.333. The zero-order chi connectivity index (χ0) is 16.8. The van der Waals surface area contributed by atoms with Crippen molar-refractivity contribution >= 4 is 29.5 Å². The molecule has 0 atom stereocenters. The van der Waals surface area contributed by atoms with Gasteiger partial charge in [0.2, 0.25) is 5.91 Å². The van der Waals surface area contributed by atoms with E-state index in [1.807, 2.05) is 0 Å². The lowest BCUT2D eigenvalue weighted by Gasteiger charge is -2.08. The molecule has 0 aromatic heterocycles. The number of urea groups is 1. The molecule has 3 N–H and O–H groups in total. The van der Waals surface area contributed by atoms with Crippen LogP contribution in [-0.2, 0) is 14.3 Å². The predicted molar refractivity (Wildman–Crippen MR) is 80.7 cm³/mol. The molecule has 0 heterocycles. The third kappa shape index (κ3) is 5.77. The van der Waals surface area contributed by atoms with Gasteiger partial charge < -0.3 is 15.4 Å². The number of rotatable bonds is 5. The smallest absolute Gasteiger partial charge is 0.338 e. The lowest BCUT2D eigenvalue weighted by molar-refractivity contribution is -0.123. The molecule has 0 aliphatic heterocycles. The molecule has 0 spiro atoms. The number of carbonyl (C=O) groups excluding carboxylic acids is 4. The van der Waals surface area contributed by atoms with Crippen LogP contribution in [-0.4, -0.2) is 36.5 Å². The number of imide groups is 1. The van der Waals surface area contributed by atoms with Crippen molar-refractivity contribution in [1.82, 2.24) is 10.6 Å². The molecule has 8 heteroatoms. The van der Waals surface area contributed by atoms with Crippen molar-refractivity contribution in [1.29, 1.82) is 0 Å². The Morgan fingerprint density at radius 3 is 2.61 bits per heavy atom. The van der Waals surface area contributed by atoms with E-state index in [0.29, 0.717) is 5.69 Å². The van der Waals surface area contributed by atoms with Crippen LogP contribution in [0, 0.1) is 0 Å². The largest absolute Gasteiger partial charge is 0.452 e. The van der Waals surface area contributed by atoms with E-state index in [2.05, 4.69) is 16.0 Å². The van der Waals surface area contributed by atoms with Crippen molar-refractivity contribution in [3.63, 3.8) is 0 Å². The van der Waals surface area contributed by atoms with Crippen LogP contribution in [0.15, 0.2) is 24.3 Å². The summed E-state index contributed by atoms with van der Waals surface area (Å²) in [7, 11) is 0.